The third-order valence-corrected chi connectivity index (χ3v) is 6.25. The van der Waals surface area contributed by atoms with Crippen molar-refractivity contribution in [1.82, 2.24) is 9.80 Å². The number of amides is 2. The number of methoxy groups -OCH3 is 4. The smallest absolute Gasteiger partial charge is 0.231 e. The number of fused-ring (bicyclic) bond motifs is 2. The van der Waals surface area contributed by atoms with Crippen LogP contribution in [0.1, 0.15) is 22.3 Å². The minimum Gasteiger partial charge on any atom is -0.493 e. The van der Waals surface area contributed by atoms with Crippen molar-refractivity contribution in [3.63, 3.8) is 0 Å². The van der Waals surface area contributed by atoms with E-state index in [1.165, 1.54) is 0 Å². The molecule has 0 aliphatic carbocycles. The molecule has 8 nitrogen and oxygen atoms in total. The molecule has 0 radical (unpaired) electrons. The van der Waals surface area contributed by atoms with Gasteiger partial charge >= 0.3 is 0 Å². The van der Waals surface area contributed by atoms with E-state index in [4.69, 9.17) is 18.9 Å². The van der Waals surface area contributed by atoms with Crippen LogP contribution in [0.25, 0.3) is 12.2 Å². The topological polar surface area (TPSA) is 77.5 Å². The first-order valence-corrected chi connectivity index (χ1v) is 11.6. The van der Waals surface area contributed by atoms with Crippen LogP contribution in [0.15, 0.2) is 48.8 Å². The molecule has 8 heteroatoms. The van der Waals surface area contributed by atoms with Gasteiger partial charge in [-0.2, -0.15) is 0 Å². The normalized spacial score (nSPS) is 14.9. The van der Waals surface area contributed by atoms with E-state index in [0.717, 1.165) is 22.3 Å². The lowest BCUT2D eigenvalue weighted by atomic mass is 10.0. The van der Waals surface area contributed by atoms with E-state index in [1.54, 1.807) is 50.6 Å². The first-order valence-electron chi connectivity index (χ1n) is 11.6. The zero-order valence-electron chi connectivity index (χ0n) is 20.9. The molecule has 188 valence electrons. The Balaban J connectivity index is 1.40. The fourth-order valence-corrected chi connectivity index (χ4v) is 4.23. The lowest BCUT2D eigenvalue weighted by Crippen LogP contribution is -2.28. The summed E-state index contributed by atoms with van der Waals surface area (Å²) in [7, 11) is 6.33. The maximum absolute atomic E-state index is 12.8. The van der Waals surface area contributed by atoms with Crippen LogP contribution in [-0.4, -0.2) is 63.1 Å². The van der Waals surface area contributed by atoms with E-state index in [2.05, 4.69) is 0 Å². The molecule has 2 amide bonds. The average Bonchev–Trinajstić information content (AvgIpc) is 3.14. The minimum atomic E-state index is -0.0223. The fourth-order valence-electron chi connectivity index (χ4n) is 4.23. The molecule has 0 saturated carbocycles. The summed E-state index contributed by atoms with van der Waals surface area (Å²) in [6, 6.07) is 7.43. The van der Waals surface area contributed by atoms with E-state index in [9.17, 15) is 9.59 Å². The van der Waals surface area contributed by atoms with Gasteiger partial charge in [0, 0.05) is 25.5 Å². The number of hydrogen-bond donors (Lipinski definition) is 0. The van der Waals surface area contributed by atoms with Crippen LogP contribution in [0.2, 0.25) is 0 Å². The second-order valence-corrected chi connectivity index (χ2v) is 8.36. The molecule has 4 rings (SSSR count). The Labute approximate surface area is 211 Å². The number of hydrogen-bond acceptors (Lipinski definition) is 6. The van der Waals surface area contributed by atoms with Gasteiger partial charge in [-0.3, -0.25) is 9.59 Å². The molecule has 36 heavy (non-hydrogen) atoms. The lowest BCUT2D eigenvalue weighted by Gasteiger charge is -2.17. The second kappa shape index (κ2) is 11.0. The van der Waals surface area contributed by atoms with E-state index in [1.807, 2.05) is 48.6 Å². The van der Waals surface area contributed by atoms with Crippen molar-refractivity contribution in [3.8, 4) is 23.0 Å². The SMILES string of the molecule is COc1cc2c(cc1OC)CC(=O)N(C/C=C\CN1C=Cc3cc(OC)c(OC)cc3CC1=O)C=C2. The van der Waals surface area contributed by atoms with E-state index < -0.39 is 0 Å². The molecule has 0 unspecified atom stereocenters. The van der Waals surface area contributed by atoms with E-state index >= 15 is 0 Å². The first kappa shape index (κ1) is 24.9. The van der Waals surface area contributed by atoms with Crippen molar-refractivity contribution >= 4 is 24.0 Å². The molecule has 0 N–H and O–H groups in total. The fraction of sp³-hybridized carbons (Fsp3) is 0.286. The minimum absolute atomic E-state index is 0.0223. The monoisotopic (exact) mass is 490 g/mol. The van der Waals surface area contributed by atoms with Gasteiger partial charge in [0.15, 0.2) is 23.0 Å². The highest BCUT2D eigenvalue weighted by atomic mass is 16.5. The summed E-state index contributed by atoms with van der Waals surface area (Å²) in [5.74, 6) is 2.39. The van der Waals surface area contributed by atoms with Crippen molar-refractivity contribution in [1.29, 1.82) is 0 Å². The van der Waals surface area contributed by atoms with Crippen LogP contribution >= 0.6 is 0 Å². The van der Waals surface area contributed by atoms with E-state index in [0.29, 0.717) is 36.1 Å². The number of ether oxygens (including phenoxy) is 4. The van der Waals surface area contributed by atoms with Gasteiger partial charge < -0.3 is 28.7 Å². The van der Waals surface area contributed by atoms with Gasteiger partial charge in [-0.1, -0.05) is 12.2 Å². The molecular formula is C28H30N2O6. The molecule has 2 aromatic carbocycles. The van der Waals surface area contributed by atoms with Crippen LogP contribution < -0.4 is 18.9 Å². The molecule has 0 spiro atoms. The summed E-state index contributed by atoms with van der Waals surface area (Å²) < 4.78 is 21.5. The summed E-state index contributed by atoms with van der Waals surface area (Å²) in [6.07, 6.45) is 11.7. The predicted molar refractivity (Wildman–Crippen MR) is 137 cm³/mol. The predicted octanol–water partition coefficient (Wildman–Crippen LogP) is 3.69. The van der Waals surface area contributed by atoms with Crippen LogP contribution in [0, 0.1) is 0 Å². The number of carbonyl (C=O) groups is 2. The summed E-state index contributed by atoms with van der Waals surface area (Å²) >= 11 is 0. The molecule has 0 bridgehead atoms. The quantitative estimate of drug-likeness (QED) is 0.526. The summed E-state index contributed by atoms with van der Waals surface area (Å²) in [6.45, 7) is 0.802. The van der Waals surface area contributed by atoms with Crippen molar-refractivity contribution in [2.24, 2.45) is 0 Å². The number of nitrogens with zero attached hydrogens (tertiary/aromatic N) is 2. The Morgan fingerprint density at radius 2 is 1.00 bits per heavy atom. The number of rotatable bonds is 8. The summed E-state index contributed by atoms with van der Waals surface area (Å²) in [5, 5.41) is 0. The first-order chi connectivity index (χ1) is 17.5. The van der Waals surface area contributed by atoms with Gasteiger partial charge in [0.25, 0.3) is 0 Å². The molecule has 0 aromatic heterocycles. The van der Waals surface area contributed by atoms with Gasteiger partial charge in [-0.05, 0) is 58.7 Å². The van der Waals surface area contributed by atoms with Crippen LogP contribution in [0.3, 0.4) is 0 Å². The van der Waals surface area contributed by atoms with Gasteiger partial charge in [0.05, 0.1) is 41.3 Å². The van der Waals surface area contributed by atoms with Crippen LogP contribution in [0.5, 0.6) is 23.0 Å². The van der Waals surface area contributed by atoms with Crippen molar-refractivity contribution < 1.29 is 28.5 Å². The average molecular weight is 491 g/mol. The molecule has 0 saturated heterocycles. The van der Waals surface area contributed by atoms with Gasteiger partial charge in [-0.15, -0.1) is 0 Å². The summed E-state index contributed by atoms with van der Waals surface area (Å²) in [5.41, 5.74) is 3.60. The molecule has 2 aliphatic rings. The van der Waals surface area contributed by atoms with E-state index in [-0.39, 0.29) is 24.7 Å². The molecule has 2 aromatic rings. The number of carbonyl (C=O) groups excluding carboxylic acids is 2. The van der Waals surface area contributed by atoms with Gasteiger partial charge in [0.1, 0.15) is 0 Å². The molecule has 0 atom stereocenters. The van der Waals surface area contributed by atoms with Crippen LogP contribution in [-0.2, 0) is 22.4 Å². The highest BCUT2D eigenvalue weighted by molar-refractivity contribution is 5.85. The Hall–Kier alpha value is -4.20. The highest BCUT2D eigenvalue weighted by Gasteiger charge is 2.20. The molecule has 0 fully saturated rings. The standard InChI is InChI=1S/C28H30N2O6/c1-33-23-13-19-7-11-29(27(31)17-21(19)15-25(23)35-3)9-5-6-10-30-12-8-20-14-24(34-2)26(36-4)16-22(20)18-28(30)32/h5-8,11-16H,9-10,17-18H2,1-4H3/b6-5-. The van der Waals surface area contributed by atoms with Gasteiger partial charge in [0.2, 0.25) is 11.8 Å². The number of benzene rings is 2. The maximum Gasteiger partial charge on any atom is 0.231 e. The third-order valence-electron chi connectivity index (χ3n) is 6.25. The van der Waals surface area contributed by atoms with Crippen LogP contribution in [0.4, 0.5) is 0 Å². The summed E-state index contributed by atoms with van der Waals surface area (Å²) in [4.78, 5) is 29.0. The Bertz CT molecular complexity index is 1150. The van der Waals surface area contributed by atoms with Crippen molar-refractivity contribution in [2.75, 3.05) is 41.5 Å². The Kier molecular flexibility index (Phi) is 7.63. The second-order valence-electron chi connectivity index (χ2n) is 8.36. The van der Waals surface area contributed by atoms with Crippen molar-refractivity contribution in [3.05, 3.63) is 71.1 Å². The Morgan fingerprint density at radius 3 is 1.36 bits per heavy atom. The Morgan fingerprint density at radius 1 is 0.639 bits per heavy atom. The molecule has 2 aliphatic heterocycles. The third kappa shape index (κ3) is 5.22. The van der Waals surface area contributed by atoms with Crippen molar-refractivity contribution in [2.45, 2.75) is 12.8 Å². The molecule has 2 heterocycles. The zero-order chi connectivity index (χ0) is 25.7. The van der Waals surface area contributed by atoms with Gasteiger partial charge in [-0.25, -0.2) is 0 Å². The lowest BCUT2D eigenvalue weighted by molar-refractivity contribution is -0.128. The zero-order valence-corrected chi connectivity index (χ0v) is 20.9. The molecular weight excluding hydrogens is 460 g/mol. The largest absolute Gasteiger partial charge is 0.493 e. The maximum atomic E-state index is 12.8. The highest BCUT2D eigenvalue weighted by Crippen LogP contribution is 2.34.